The number of nitrogens with zero attached hydrogens (tertiary/aromatic N) is 2. The maximum atomic E-state index is 14.1. The van der Waals surface area contributed by atoms with E-state index < -0.39 is 10.6 Å². The van der Waals surface area contributed by atoms with Crippen molar-refractivity contribution >= 4 is 39.1 Å². The highest BCUT2D eigenvalue weighted by Gasteiger charge is 2.38. The van der Waals surface area contributed by atoms with Gasteiger partial charge >= 0.3 is 0 Å². The smallest absolute Gasteiger partial charge is 0.148 e. The van der Waals surface area contributed by atoms with Crippen molar-refractivity contribution in [2.75, 3.05) is 5.32 Å². The highest BCUT2D eigenvalue weighted by molar-refractivity contribution is 9.09. The Labute approximate surface area is 130 Å². The second-order valence-electron chi connectivity index (χ2n) is 5.71. The molecule has 0 saturated heterocycles. The number of hydrogen-bond acceptors (Lipinski definition) is 4. The van der Waals surface area contributed by atoms with Crippen LogP contribution in [0.1, 0.15) is 35.8 Å². The van der Waals surface area contributed by atoms with E-state index in [9.17, 15) is 9.18 Å². The number of aldehydes is 1. The molecule has 1 saturated carbocycles. The molecule has 110 valence electrons. The number of carbonyl (C=O) groups excluding carboxylic acids is 1. The van der Waals surface area contributed by atoms with Crippen LogP contribution in [0.15, 0.2) is 12.1 Å². The molecule has 1 aliphatic carbocycles. The molecule has 2 aromatic rings. The minimum absolute atomic E-state index is 0.0546. The van der Waals surface area contributed by atoms with Crippen molar-refractivity contribution in [3.8, 4) is 0 Å². The summed E-state index contributed by atoms with van der Waals surface area (Å²) in [5.41, 5.74) is 2.06. The number of halogens is 2. The fourth-order valence-electron chi connectivity index (χ4n) is 2.25. The van der Waals surface area contributed by atoms with Gasteiger partial charge in [0.2, 0.25) is 0 Å². The minimum Gasteiger partial charge on any atom is -0.363 e. The van der Waals surface area contributed by atoms with Gasteiger partial charge in [-0.1, -0.05) is 15.9 Å². The van der Waals surface area contributed by atoms with Crippen molar-refractivity contribution in [1.82, 2.24) is 9.97 Å². The molecule has 0 bridgehead atoms. The van der Waals surface area contributed by atoms with Gasteiger partial charge in [0, 0.05) is 11.1 Å². The van der Waals surface area contributed by atoms with Gasteiger partial charge in [-0.3, -0.25) is 0 Å². The van der Waals surface area contributed by atoms with E-state index in [2.05, 4.69) is 38.1 Å². The quantitative estimate of drug-likeness (QED) is 0.674. The van der Waals surface area contributed by atoms with Crippen LogP contribution in [0.5, 0.6) is 0 Å². The molecule has 1 N–H and O–H groups in total. The molecule has 1 unspecified atom stereocenters. The normalized spacial score (nSPS) is 17.5. The average molecular weight is 352 g/mol. The number of fused-ring (bicyclic) bond motifs is 1. The van der Waals surface area contributed by atoms with Crippen LogP contribution in [0.3, 0.4) is 0 Å². The van der Waals surface area contributed by atoms with Gasteiger partial charge in [-0.15, -0.1) is 0 Å². The third-order valence-corrected chi connectivity index (χ3v) is 4.49. The van der Waals surface area contributed by atoms with Crippen LogP contribution in [0.25, 0.3) is 11.0 Å². The van der Waals surface area contributed by atoms with Gasteiger partial charge in [-0.2, -0.15) is 0 Å². The first-order valence-corrected chi connectivity index (χ1v) is 7.69. The molecule has 1 heterocycles. The number of rotatable bonds is 4. The lowest BCUT2D eigenvalue weighted by atomic mass is 10.1. The minimum atomic E-state index is -0.734. The number of hydrogen-bond donors (Lipinski definition) is 1. The molecule has 1 aliphatic rings. The van der Waals surface area contributed by atoms with Crippen molar-refractivity contribution < 1.29 is 9.18 Å². The number of aryl methyl sites for hydroxylation is 1. The standard InChI is InChI=1S/C15H15BrFN3O/c1-8-14(20-15(2)5-6-15)19-13-11(18-8)4-3-10(17)12(13)9(16)7-21/h3-4,7,9H,5-6H2,1-2H3,(H,19,20). The van der Waals surface area contributed by atoms with Crippen molar-refractivity contribution in [2.24, 2.45) is 0 Å². The molecule has 0 aliphatic heterocycles. The average Bonchev–Trinajstić information content (AvgIpc) is 3.17. The first-order valence-electron chi connectivity index (χ1n) is 6.78. The van der Waals surface area contributed by atoms with Gasteiger partial charge in [-0.05, 0) is 38.8 Å². The second-order valence-corrected chi connectivity index (χ2v) is 6.70. The van der Waals surface area contributed by atoms with E-state index in [4.69, 9.17) is 0 Å². The number of aromatic nitrogens is 2. The number of carbonyl (C=O) groups is 1. The zero-order chi connectivity index (χ0) is 15.2. The Kier molecular flexibility index (Phi) is 3.43. The fourth-order valence-corrected chi connectivity index (χ4v) is 2.69. The first kappa shape index (κ1) is 14.4. The molecule has 1 fully saturated rings. The number of benzene rings is 1. The molecular formula is C15H15BrFN3O. The summed E-state index contributed by atoms with van der Waals surface area (Å²) >= 11 is 3.18. The van der Waals surface area contributed by atoms with E-state index in [-0.39, 0.29) is 11.1 Å². The zero-order valence-corrected chi connectivity index (χ0v) is 13.4. The predicted molar refractivity (Wildman–Crippen MR) is 83.2 cm³/mol. The van der Waals surface area contributed by atoms with Crippen LogP contribution in [-0.2, 0) is 4.79 Å². The Hall–Kier alpha value is -1.56. The lowest BCUT2D eigenvalue weighted by Gasteiger charge is -2.16. The molecular weight excluding hydrogens is 337 g/mol. The molecule has 1 aromatic heterocycles. The summed E-state index contributed by atoms with van der Waals surface area (Å²) in [6, 6.07) is 2.90. The van der Waals surface area contributed by atoms with E-state index in [0.717, 1.165) is 18.5 Å². The molecule has 4 nitrogen and oxygen atoms in total. The summed E-state index contributed by atoms with van der Waals surface area (Å²) in [6.07, 6.45) is 2.81. The van der Waals surface area contributed by atoms with Crippen LogP contribution in [0.4, 0.5) is 10.2 Å². The SMILES string of the molecule is Cc1nc2ccc(F)c(C(Br)C=O)c2nc1NC1(C)CC1. The lowest BCUT2D eigenvalue weighted by molar-refractivity contribution is -0.107. The largest absolute Gasteiger partial charge is 0.363 e. The summed E-state index contributed by atoms with van der Waals surface area (Å²) in [4.78, 5) is 19.3. The summed E-state index contributed by atoms with van der Waals surface area (Å²) in [6.45, 7) is 3.98. The van der Waals surface area contributed by atoms with Crippen LogP contribution in [-0.4, -0.2) is 21.8 Å². The second kappa shape index (κ2) is 5.02. The first-order chi connectivity index (χ1) is 9.93. The monoisotopic (exact) mass is 351 g/mol. The Balaban J connectivity index is 2.19. The fraction of sp³-hybridized carbons (Fsp3) is 0.400. The van der Waals surface area contributed by atoms with E-state index in [1.807, 2.05) is 6.92 Å². The zero-order valence-electron chi connectivity index (χ0n) is 11.8. The summed E-state index contributed by atoms with van der Waals surface area (Å²) in [5, 5.41) is 3.36. The third kappa shape index (κ3) is 2.64. The summed E-state index contributed by atoms with van der Waals surface area (Å²) < 4.78 is 14.1. The van der Waals surface area contributed by atoms with Crippen molar-refractivity contribution in [3.63, 3.8) is 0 Å². The predicted octanol–water partition coefficient (Wildman–Crippen LogP) is 3.68. The summed E-state index contributed by atoms with van der Waals surface area (Å²) in [5.74, 6) is 0.193. The lowest BCUT2D eigenvalue weighted by Crippen LogP contribution is -2.18. The Morgan fingerprint density at radius 1 is 1.43 bits per heavy atom. The maximum absolute atomic E-state index is 14.1. The van der Waals surface area contributed by atoms with Gasteiger partial charge in [0.25, 0.3) is 0 Å². The van der Waals surface area contributed by atoms with Gasteiger partial charge in [-0.25, -0.2) is 14.4 Å². The van der Waals surface area contributed by atoms with E-state index in [0.29, 0.717) is 23.1 Å². The number of alkyl halides is 1. The van der Waals surface area contributed by atoms with Crippen LogP contribution in [0.2, 0.25) is 0 Å². The molecule has 21 heavy (non-hydrogen) atoms. The van der Waals surface area contributed by atoms with Crippen molar-refractivity contribution in [1.29, 1.82) is 0 Å². The summed E-state index contributed by atoms with van der Waals surface area (Å²) in [7, 11) is 0. The molecule has 1 atom stereocenters. The van der Waals surface area contributed by atoms with Gasteiger partial charge < -0.3 is 10.1 Å². The Morgan fingerprint density at radius 2 is 2.14 bits per heavy atom. The highest BCUT2D eigenvalue weighted by atomic mass is 79.9. The topological polar surface area (TPSA) is 54.9 Å². The molecule has 1 aromatic carbocycles. The van der Waals surface area contributed by atoms with Gasteiger partial charge in [0.1, 0.15) is 17.9 Å². The number of anilines is 1. The Morgan fingerprint density at radius 3 is 2.76 bits per heavy atom. The highest BCUT2D eigenvalue weighted by Crippen LogP contribution is 2.39. The molecule has 0 amide bonds. The van der Waals surface area contributed by atoms with Crippen LogP contribution < -0.4 is 5.32 Å². The van der Waals surface area contributed by atoms with Crippen molar-refractivity contribution in [2.45, 2.75) is 37.1 Å². The molecule has 6 heteroatoms. The van der Waals surface area contributed by atoms with Crippen LogP contribution >= 0.6 is 15.9 Å². The third-order valence-electron chi connectivity index (χ3n) is 3.81. The Bertz CT molecular complexity index is 730. The van der Waals surface area contributed by atoms with Gasteiger partial charge in [0.05, 0.1) is 21.6 Å². The molecule has 0 radical (unpaired) electrons. The molecule has 3 rings (SSSR count). The van der Waals surface area contributed by atoms with E-state index in [1.54, 1.807) is 6.07 Å². The van der Waals surface area contributed by atoms with Gasteiger partial charge in [0.15, 0.2) is 0 Å². The maximum Gasteiger partial charge on any atom is 0.148 e. The number of nitrogens with one attached hydrogen (secondary N) is 1. The van der Waals surface area contributed by atoms with E-state index in [1.165, 1.54) is 6.07 Å². The van der Waals surface area contributed by atoms with Crippen molar-refractivity contribution in [3.05, 3.63) is 29.2 Å². The van der Waals surface area contributed by atoms with Crippen LogP contribution in [0, 0.1) is 12.7 Å². The molecule has 0 spiro atoms. The van der Waals surface area contributed by atoms with E-state index >= 15 is 0 Å².